The number of halogens is 2. The first-order valence-electron chi connectivity index (χ1n) is 4.49. The van der Waals surface area contributed by atoms with Crippen molar-refractivity contribution in [2.24, 2.45) is 5.84 Å². The van der Waals surface area contributed by atoms with Gasteiger partial charge in [0.25, 0.3) is 0 Å². The number of benzene rings is 1. The maximum atomic E-state index is 5.91. The minimum absolute atomic E-state index is 0.0333. The fraction of sp³-hybridized carbons (Fsp3) is 0.273. The van der Waals surface area contributed by atoms with Crippen molar-refractivity contribution in [1.29, 1.82) is 0 Å². The Morgan fingerprint density at radius 2 is 2.33 bits per heavy atom. The minimum atomic E-state index is 0.0333. The van der Waals surface area contributed by atoms with Gasteiger partial charge in [0.05, 0.1) is 11.1 Å². The van der Waals surface area contributed by atoms with Crippen molar-refractivity contribution in [1.82, 2.24) is 5.43 Å². The first kappa shape index (κ1) is 12.5. The first-order chi connectivity index (χ1) is 7.19. The number of rotatable bonds is 3. The van der Waals surface area contributed by atoms with Gasteiger partial charge in [-0.05, 0) is 40.5 Å². The van der Waals surface area contributed by atoms with E-state index in [1.807, 2.05) is 25.1 Å². The number of hydrogen-bond donors (Lipinski definition) is 2. The molecule has 0 aliphatic heterocycles. The van der Waals surface area contributed by atoms with Gasteiger partial charge in [-0.2, -0.15) is 0 Å². The number of nitrogens with two attached hydrogens (primary N) is 1. The van der Waals surface area contributed by atoms with Gasteiger partial charge in [-0.1, -0.05) is 17.7 Å². The summed E-state index contributed by atoms with van der Waals surface area (Å²) in [7, 11) is 0. The molecule has 0 saturated heterocycles. The maximum Gasteiger partial charge on any atom is 0.0569 e. The maximum absolute atomic E-state index is 5.91. The molecule has 1 unspecified atom stereocenters. The van der Waals surface area contributed by atoms with Gasteiger partial charge in [0.2, 0.25) is 0 Å². The van der Waals surface area contributed by atoms with E-state index in [1.165, 1.54) is 0 Å². The highest BCUT2D eigenvalue weighted by atomic mass is 79.9. The third-order valence-corrected chi connectivity index (χ3v) is 3.24. The van der Waals surface area contributed by atoms with Crippen LogP contribution in [0.25, 0.3) is 0 Å². The van der Waals surface area contributed by atoms with Crippen LogP contribution in [0.1, 0.15) is 24.9 Å². The monoisotopic (exact) mass is 286 g/mol. The summed E-state index contributed by atoms with van der Waals surface area (Å²) in [6.07, 6.45) is 0.682. The Kier molecular flexibility index (Phi) is 5.13. The first-order valence-corrected chi connectivity index (χ1v) is 5.66. The van der Waals surface area contributed by atoms with Crippen LogP contribution >= 0.6 is 27.5 Å². The molecule has 0 aromatic heterocycles. The largest absolute Gasteiger partial charge is 0.271 e. The summed E-state index contributed by atoms with van der Waals surface area (Å²) in [5.74, 6) is 11.3. The molecule has 1 aromatic rings. The third-order valence-electron chi connectivity index (χ3n) is 2.03. The average Bonchev–Trinajstić information content (AvgIpc) is 2.24. The summed E-state index contributed by atoms with van der Waals surface area (Å²) in [5.41, 5.74) is 3.80. The normalized spacial score (nSPS) is 11.7. The third kappa shape index (κ3) is 3.51. The van der Waals surface area contributed by atoms with E-state index in [1.54, 1.807) is 0 Å². The zero-order chi connectivity index (χ0) is 11.3. The molecule has 0 heterocycles. The van der Waals surface area contributed by atoms with Gasteiger partial charge in [-0.15, -0.1) is 11.8 Å². The summed E-state index contributed by atoms with van der Waals surface area (Å²) in [6.45, 7) is 1.81. The molecule has 80 valence electrons. The second-order valence-corrected chi connectivity index (χ2v) is 4.29. The van der Waals surface area contributed by atoms with Crippen LogP contribution in [-0.4, -0.2) is 0 Å². The summed E-state index contributed by atoms with van der Waals surface area (Å²) in [6, 6.07) is 5.76. The molecule has 0 spiro atoms. The number of hydrogen-bond acceptors (Lipinski definition) is 2. The topological polar surface area (TPSA) is 38.0 Å². The zero-order valence-electron chi connectivity index (χ0n) is 8.35. The predicted molar refractivity (Wildman–Crippen MR) is 67.3 cm³/mol. The van der Waals surface area contributed by atoms with E-state index in [0.29, 0.717) is 11.4 Å². The molecular weight excluding hydrogens is 275 g/mol. The second-order valence-electron chi connectivity index (χ2n) is 3.02. The summed E-state index contributed by atoms with van der Waals surface area (Å²) in [5, 5.41) is 0.691. The van der Waals surface area contributed by atoms with Crippen LogP contribution in [0, 0.1) is 11.8 Å². The van der Waals surface area contributed by atoms with Crippen molar-refractivity contribution in [2.75, 3.05) is 0 Å². The molecule has 15 heavy (non-hydrogen) atoms. The lowest BCUT2D eigenvalue weighted by atomic mass is 10.1. The van der Waals surface area contributed by atoms with Gasteiger partial charge in [-0.25, -0.2) is 0 Å². The zero-order valence-corrected chi connectivity index (χ0v) is 10.7. The molecule has 0 amide bonds. The molecule has 4 heteroatoms. The average molecular weight is 288 g/mol. The van der Waals surface area contributed by atoms with Crippen LogP contribution in [0.2, 0.25) is 5.02 Å². The van der Waals surface area contributed by atoms with Crippen LogP contribution in [0.4, 0.5) is 0 Å². The second kappa shape index (κ2) is 6.14. The molecule has 1 atom stereocenters. The summed E-state index contributed by atoms with van der Waals surface area (Å²) in [4.78, 5) is 0. The van der Waals surface area contributed by atoms with Crippen LogP contribution in [0.15, 0.2) is 22.7 Å². The molecular formula is C11H12BrClN2. The van der Waals surface area contributed by atoms with Gasteiger partial charge in [0.15, 0.2) is 0 Å². The minimum Gasteiger partial charge on any atom is -0.271 e. The van der Waals surface area contributed by atoms with E-state index >= 15 is 0 Å². The Labute approximate surface area is 103 Å². The molecule has 0 aliphatic carbocycles. The molecule has 0 saturated carbocycles. The van der Waals surface area contributed by atoms with E-state index in [4.69, 9.17) is 17.4 Å². The lowest BCUT2D eigenvalue weighted by Crippen LogP contribution is -2.27. The standard InChI is InChI=1S/C11H12BrClN2/c1-2-3-4-11(15-14)8-5-6-10(13)9(12)7-8/h5-7,11,15H,4,14H2,1H3. The van der Waals surface area contributed by atoms with Gasteiger partial charge in [0, 0.05) is 10.9 Å². The van der Waals surface area contributed by atoms with Crippen LogP contribution in [-0.2, 0) is 0 Å². The van der Waals surface area contributed by atoms with Crippen molar-refractivity contribution < 1.29 is 0 Å². The Morgan fingerprint density at radius 1 is 1.60 bits per heavy atom. The van der Waals surface area contributed by atoms with Crippen molar-refractivity contribution in [2.45, 2.75) is 19.4 Å². The van der Waals surface area contributed by atoms with Gasteiger partial charge < -0.3 is 0 Å². The van der Waals surface area contributed by atoms with Crippen molar-refractivity contribution in [3.63, 3.8) is 0 Å². The van der Waals surface area contributed by atoms with Crippen LogP contribution < -0.4 is 11.3 Å². The van der Waals surface area contributed by atoms with Crippen molar-refractivity contribution >= 4 is 27.5 Å². The Balaban J connectivity index is 2.90. The highest BCUT2D eigenvalue weighted by molar-refractivity contribution is 9.10. The van der Waals surface area contributed by atoms with Gasteiger partial charge in [-0.3, -0.25) is 11.3 Å². The Bertz CT molecular complexity index is 395. The van der Waals surface area contributed by atoms with Crippen LogP contribution in [0.5, 0.6) is 0 Å². The smallest absolute Gasteiger partial charge is 0.0569 e. The van der Waals surface area contributed by atoms with Gasteiger partial charge in [0.1, 0.15) is 0 Å². The number of hydrazine groups is 1. The molecule has 0 aliphatic rings. The van der Waals surface area contributed by atoms with E-state index in [2.05, 4.69) is 33.2 Å². The molecule has 1 aromatic carbocycles. The SMILES string of the molecule is CC#CCC(NN)c1ccc(Cl)c(Br)c1. The highest BCUT2D eigenvalue weighted by Gasteiger charge is 2.09. The summed E-state index contributed by atoms with van der Waals surface area (Å²) >= 11 is 9.28. The molecule has 0 radical (unpaired) electrons. The molecule has 1 rings (SSSR count). The predicted octanol–water partition coefficient (Wildman–Crippen LogP) is 3.02. The molecule has 2 nitrogen and oxygen atoms in total. The van der Waals surface area contributed by atoms with Crippen molar-refractivity contribution in [3.05, 3.63) is 33.3 Å². The molecule has 0 bridgehead atoms. The molecule has 3 N–H and O–H groups in total. The fourth-order valence-electron chi connectivity index (χ4n) is 1.21. The van der Waals surface area contributed by atoms with E-state index < -0.39 is 0 Å². The van der Waals surface area contributed by atoms with E-state index in [-0.39, 0.29) is 6.04 Å². The lowest BCUT2D eigenvalue weighted by molar-refractivity contribution is 0.568. The van der Waals surface area contributed by atoms with E-state index in [0.717, 1.165) is 10.0 Å². The highest BCUT2D eigenvalue weighted by Crippen LogP contribution is 2.26. The van der Waals surface area contributed by atoms with Crippen molar-refractivity contribution in [3.8, 4) is 11.8 Å². The summed E-state index contributed by atoms with van der Waals surface area (Å²) < 4.78 is 0.867. The lowest BCUT2D eigenvalue weighted by Gasteiger charge is -2.13. The van der Waals surface area contributed by atoms with Crippen LogP contribution in [0.3, 0.4) is 0 Å². The quantitative estimate of drug-likeness (QED) is 0.509. The molecule has 0 fully saturated rings. The Morgan fingerprint density at radius 3 is 2.87 bits per heavy atom. The van der Waals surface area contributed by atoms with Gasteiger partial charge >= 0.3 is 0 Å². The number of nitrogens with one attached hydrogen (secondary N) is 1. The van der Waals surface area contributed by atoms with E-state index in [9.17, 15) is 0 Å². The fourth-order valence-corrected chi connectivity index (χ4v) is 1.72. The Hall–Kier alpha value is -0.530.